The minimum absolute atomic E-state index is 0.158. The van der Waals surface area contributed by atoms with Crippen LogP contribution in [-0.2, 0) is 22.7 Å². The van der Waals surface area contributed by atoms with Crippen LogP contribution in [0, 0.1) is 0 Å². The van der Waals surface area contributed by atoms with Crippen molar-refractivity contribution in [3.05, 3.63) is 58.1 Å². The van der Waals surface area contributed by atoms with Gasteiger partial charge in [-0.2, -0.15) is 0 Å². The van der Waals surface area contributed by atoms with Gasteiger partial charge in [0.2, 0.25) is 5.91 Å². The van der Waals surface area contributed by atoms with Gasteiger partial charge in [0, 0.05) is 6.54 Å². The van der Waals surface area contributed by atoms with E-state index in [2.05, 4.69) is 21.2 Å². The highest BCUT2D eigenvalue weighted by Crippen LogP contribution is 2.25. The minimum Gasteiger partial charge on any atom is -0.497 e. The fourth-order valence-electron chi connectivity index (χ4n) is 2.21. The van der Waals surface area contributed by atoms with Crippen molar-refractivity contribution in [2.45, 2.75) is 26.2 Å². The Morgan fingerprint density at radius 3 is 2.60 bits per heavy atom. The Morgan fingerprint density at radius 1 is 1.12 bits per heavy atom. The lowest BCUT2D eigenvalue weighted by Crippen LogP contribution is -2.34. The molecule has 0 saturated heterocycles. The van der Waals surface area contributed by atoms with Crippen molar-refractivity contribution in [3.63, 3.8) is 0 Å². The summed E-state index contributed by atoms with van der Waals surface area (Å²) in [4.78, 5) is 12.2. The van der Waals surface area contributed by atoms with Gasteiger partial charge in [-0.15, -0.1) is 0 Å². The van der Waals surface area contributed by atoms with Gasteiger partial charge in [0.1, 0.15) is 17.6 Å². The molecule has 0 saturated carbocycles. The molecule has 0 aliphatic heterocycles. The van der Waals surface area contributed by atoms with Crippen LogP contribution in [0.4, 0.5) is 0 Å². The van der Waals surface area contributed by atoms with Gasteiger partial charge in [-0.3, -0.25) is 4.79 Å². The van der Waals surface area contributed by atoms with Crippen molar-refractivity contribution in [2.75, 3.05) is 14.2 Å². The van der Waals surface area contributed by atoms with Crippen LogP contribution in [0.1, 0.15) is 18.1 Å². The summed E-state index contributed by atoms with van der Waals surface area (Å²) < 4.78 is 16.9. The van der Waals surface area contributed by atoms with E-state index in [0.717, 1.165) is 27.1 Å². The SMILES string of the molecule is COc1cccc(COC(C)C(=O)NCc2ccc(OC)c(Br)c2)c1. The number of rotatable bonds is 8. The van der Waals surface area contributed by atoms with E-state index in [1.165, 1.54) is 0 Å². The largest absolute Gasteiger partial charge is 0.497 e. The average molecular weight is 408 g/mol. The normalized spacial score (nSPS) is 11.7. The zero-order valence-corrected chi connectivity index (χ0v) is 16.1. The maximum atomic E-state index is 12.2. The summed E-state index contributed by atoms with van der Waals surface area (Å²) in [5.74, 6) is 1.36. The number of benzene rings is 2. The Hall–Kier alpha value is -2.05. The van der Waals surface area contributed by atoms with Crippen LogP contribution in [0.15, 0.2) is 46.9 Å². The van der Waals surface area contributed by atoms with Crippen LogP contribution in [0.5, 0.6) is 11.5 Å². The number of ether oxygens (including phenoxy) is 3. The number of methoxy groups -OCH3 is 2. The van der Waals surface area contributed by atoms with E-state index in [0.29, 0.717) is 13.2 Å². The molecule has 0 fully saturated rings. The molecule has 25 heavy (non-hydrogen) atoms. The van der Waals surface area contributed by atoms with Crippen molar-refractivity contribution in [1.82, 2.24) is 5.32 Å². The number of halogens is 1. The molecule has 0 heterocycles. The average Bonchev–Trinajstić information content (AvgIpc) is 2.64. The summed E-state index contributed by atoms with van der Waals surface area (Å²) in [5, 5.41) is 2.87. The maximum Gasteiger partial charge on any atom is 0.249 e. The molecule has 0 bridgehead atoms. The number of amides is 1. The molecule has 0 aliphatic rings. The molecule has 134 valence electrons. The van der Waals surface area contributed by atoms with Gasteiger partial charge in [-0.1, -0.05) is 18.2 Å². The van der Waals surface area contributed by atoms with E-state index in [4.69, 9.17) is 14.2 Å². The predicted molar refractivity (Wildman–Crippen MR) is 99.8 cm³/mol. The summed E-state index contributed by atoms with van der Waals surface area (Å²) in [5.41, 5.74) is 1.93. The molecule has 2 aromatic carbocycles. The smallest absolute Gasteiger partial charge is 0.249 e. The summed E-state index contributed by atoms with van der Waals surface area (Å²) in [6.07, 6.45) is -0.548. The lowest BCUT2D eigenvalue weighted by molar-refractivity contribution is -0.132. The van der Waals surface area contributed by atoms with Crippen LogP contribution in [0.3, 0.4) is 0 Å². The Balaban J connectivity index is 1.82. The van der Waals surface area contributed by atoms with Crippen LogP contribution in [0.25, 0.3) is 0 Å². The van der Waals surface area contributed by atoms with Crippen LogP contribution >= 0.6 is 15.9 Å². The number of hydrogen-bond donors (Lipinski definition) is 1. The topological polar surface area (TPSA) is 56.8 Å². The van der Waals surface area contributed by atoms with Crippen molar-refractivity contribution in [2.24, 2.45) is 0 Å². The van der Waals surface area contributed by atoms with Gasteiger partial charge in [-0.05, 0) is 58.2 Å². The second kappa shape index (κ2) is 9.44. The van der Waals surface area contributed by atoms with Crippen LogP contribution < -0.4 is 14.8 Å². The first-order valence-corrected chi connectivity index (χ1v) is 8.67. The molecule has 1 unspecified atom stereocenters. The van der Waals surface area contributed by atoms with E-state index >= 15 is 0 Å². The standard InChI is InChI=1S/C19H22BrNO4/c1-13(25-12-15-5-4-6-16(9-15)23-2)19(22)21-11-14-7-8-18(24-3)17(20)10-14/h4-10,13H,11-12H2,1-3H3,(H,21,22). The summed E-state index contributed by atoms with van der Waals surface area (Å²) in [6, 6.07) is 13.3. The molecule has 6 heteroatoms. The van der Waals surface area contributed by atoms with Crippen molar-refractivity contribution >= 4 is 21.8 Å². The first kappa shape index (κ1) is 19.3. The minimum atomic E-state index is -0.548. The van der Waals surface area contributed by atoms with Gasteiger partial charge in [0.25, 0.3) is 0 Å². The first-order valence-electron chi connectivity index (χ1n) is 7.88. The highest BCUT2D eigenvalue weighted by Gasteiger charge is 2.13. The lowest BCUT2D eigenvalue weighted by Gasteiger charge is -2.14. The van der Waals surface area contributed by atoms with Gasteiger partial charge in [-0.25, -0.2) is 0 Å². The number of carbonyl (C=O) groups excluding carboxylic acids is 1. The molecule has 0 aromatic heterocycles. The molecule has 1 N–H and O–H groups in total. The Bertz CT molecular complexity index is 720. The van der Waals surface area contributed by atoms with Crippen molar-refractivity contribution in [3.8, 4) is 11.5 Å². The van der Waals surface area contributed by atoms with Crippen molar-refractivity contribution < 1.29 is 19.0 Å². The van der Waals surface area contributed by atoms with Crippen LogP contribution in [0.2, 0.25) is 0 Å². The van der Waals surface area contributed by atoms with Gasteiger partial charge >= 0.3 is 0 Å². The zero-order valence-electron chi connectivity index (χ0n) is 14.5. The zero-order chi connectivity index (χ0) is 18.2. The highest BCUT2D eigenvalue weighted by atomic mass is 79.9. The van der Waals surface area contributed by atoms with Gasteiger partial charge < -0.3 is 19.5 Å². The summed E-state index contributed by atoms with van der Waals surface area (Å²) in [7, 11) is 3.23. The van der Waals surface area contributed by atoms with Crippen LogP contribution in [-0.4, -0.2) is 26.2 Å². The van der Waals surface area contributed by atoms with Gasteiger partial charge in [0.15, 0.2) is 0 Å². The molecular weight excluding hydrogens is 386 g/mol. The molecule has 1 atom stereocenters. The molecular formula is C19H22BrNO4. The first-order chi connectivity index (χ1) is 12.0. The second-order valence-electron chi connectivity index (χ2n) is 5.49. The molecule has 2 aromatic rings. The molecule has 0 aliphatic carbocycles. The second-order valence-corrected chi connectivity index (χ2v) is 6.35. The van der Waals surface area contributed by atoms with E-state index in [-0.39, 0.29) is 5.91 Å². The molecule has 0 radical (unpaired) electrons. The fraction of sp³-hybridized carbons (Fsp3) is 0.316. The van der Waals surface area contributed by atoms with Crippen molar-refractivity contribution in [1.29, 1.82) is 0 Å². The number of hydrogen-bond acceptors (Lipinski definition) is 4. The summed E-state index contributed by atoms with van der Waals surface area (Å²) in [6.45, 7) is 2.51. The van der Waals surface area contributed by atoms with E-state index < -0.39 is 6.10 Å². The molecule has 5 nitrogen and oxygen atoms in total. The highest BCUT2D eigenvalue weighted by molar-refractivity contribution is 9.10. The number of nitrogens with one attached hydrogen (secondary N) is 1. The Labute approximate surface area is 156 Å². The monoisotopic (exact) mass is 407 g/mol. The van der Waals surface area contributed by atoms with E-state index in [1.807, 2.05) is 42.5 Å². The number of carbonyl (C=O) groups is 1. The third kappa shape index (κ3) is 5.76. The van der Waals surface area contributed by atoms with Gasteiger partial charge in [0.05, 0.1) is 25.3 Å². The third-order valence-corrected chi connectivity index (χ3v) is 4.31. The van der Waals surface area contributed by atoms with E-state index in [1.54, 1.807) is 21.1 Å². The maximum absolute atomic E-state index is 12.2. The summed E-state index contributed by atoms with van der Waals surface area (Å²) >= 11 is 3.43. The lowest BCUT2D eigenvalue weighted by atomic mass is 10.2. The third-order valence-electron chi connectivity index (χ3n) is 3.69. The fourth-order valence-corrected chi connectivity index (χ4v) is 2.80. The molecule has 1 amide bonds. The Morgan fingerprint density at radius 2 is 1.92 bits per heavy atom. The molecule has 2 rings (SSSR count). The molecule has 0 spiro atoms. The predicted octanol–water partition coefficient (Wildman–Crippen LogP) is 3.69. The quantitative estimate of drug-likeness (QED) is 0.724. The Kier molecular flexibility index (Phi) is 7.28. The van der Waals surface area contributed by atoms with E-state index in [9.17, 15) is 4.79 Å².